The molecule has 0 N–H and O–H groups in total. The standard InChI is InChI=1S/C40H28N4/c1-25-19-37(29-9-3-7-27(21-29)31-11-5-17-41-23-31)35-15-14-34-33(39(35)43-25)13-16-36-38(20-26(2)44-40(34)36)30-10-4-8-28(22-30)32-12-6-18-42-24-32/h3-24H,1-2H3. The fourth-order valence-corrected chi connectivity index (χ4v) is 6.32. The van der Waals surface area contributed by atoms with Gasteiger partial charge in [-0.2, -0.15) is 0 Å². The third kappa shape index (κ3) is 4.48. The summed E-state index contributed by atoms with van der Waals surface area (Å²) in [7, 11) is 0. The first kappa shape index (κ1) is 25.9. The summed E-state index contributed by atoms with van der Waals surface area (Å²) in [5.74, 6) is 0. The molecule has 0 unspecified atom stereocenters. The average Bonchev–Trinajstić information content (AvgIpc) is 3.08. The predicted molar refractivity (Wildman–Crippen MR) is 181 cm³/mol. The van der Waals surface area contributed by atoms with Crippen LogP contribution in [0.1, 0.15) is 11.4 Å². The van der Waals surface area contributed by atoms with Gasteiger partial charge >= 0.3 is 0 Å². The van der Waals surface area contributed by atoms with Crippen LogP contribution in [-0.4, -0.2) is 19.9 Å². The minimum absolute atomic E-state index is 0.983. The van der Waals surface area contributed by atoms with Gasteiger partial charge in [0.15, 0.2) is 0 Å². The van der Waals surface area contributed by atoms with E-state index in [0.29, 0.717) is 0 Å². The van der Waals surface area contributed by atoms with Crippen molar-refractivity contribution in [3.05, 3.63) is 145 Å². The molecule has 0 amide bonds. The van der Waals surface area contributed by atoms with Crippen LogP contribution in [0.2, 0.25) is 0 Å². The topological polar surface area (TPSA) is 51.6 Å². The fraction of sp³-hybridized carbons (Fsp3) is 0.0500. The van der Waals surface area contributed by atoms with E-state index in [1.54, 1.807) is 12.4 Å². The summed E-state index contributed by atoms with van der Waals surface area (Å²) in [4.78, 5) is 18.8. The third-order valence-corrected chi connectivity index (χ3v) is 8.34. The summed E-state index contributed by atoms with van der Waals surface area (Å²) in [5.41, 5.74) is 13.1. The first-order valence-electron chi connectivity index (χ1n) is 14.8. The van der Waals surface area contributed by atoms with Crippen molar-refractivity contribution in [1.82, 2.24) is 19.9 Å². The van der Waals surface area contributed by atoms with Crippen LogP contribution in [0.25, 0.3) is 77.1 Å². The first-order valence-corrected chi connectivity index (χ1v) is 14.8. The van der Waals surface area contributed by atoms with Crippen LogP contribution in [-0.2, 0) is 0 Å². The van der Waals surface area contributed by atoms with Gasteiger partial charge in [-0.05, 0) is 83.6 Å². The zero-order valence-electron chi connectivity index (χ0n) is 24.5. The molecule has 4 aromatic carbocycles. The molecule has 0 saturated carbocycles. The Morgan fingerprint density at radius 3 is 1.23 bits per heavy atom. The molecule has 8 aromatic rings. The summed E-state index contributed by atoms with van der Waals surface area (Å²) in [6, 6.07) is 38.7. The van der Waals surface area contributed by atoms with Gasteiger partial charge in [0.05, 0.1) is 11.0 Å². The molecule has 8 rings (SSSR count). The second-order valence-corrected chi connectivity index (χ2v) is 11.3. The number of hydrogen-bond donors (Lipinski definition) is 0. The van der Waals surface area contributed by atoms with Gasteiger partial charge in [-0.3, -0.25) is 19.9 Å². The van der Waals surface area contributed by atoms with Crippen molar-refractivity contribution in [3.63, 3.8) is 0 Å². The lowest BCUT2D eigenvalue weighted by atomic mass is 9.92. The Bertz CT molecular complexity index is 2180. The molecule has 4 aromatic heterocycles. The summed E-state index contributed by atoms with van der Waals surface area (Å²) in [5, 5.41) is 4.47. The van der Waals surface area contributed by atoms with Crippen molar-refractivity contribution in [1.29, 1.82) is 0 Å². The van der Waals surface area contributed by atoms with E-state index in [0.717, 1.165) is 77.3 Å². The normalized spacial score (nSPS) is 11.4. The fourth-order valence-electron chi connectivity index (χ4n) is 6.32. The molecule has 0 atom stereocenters. The first-order chi connectivity index (χ1) is 21.6. The molecule has 0 aliphatic carbocycles. The number of fused-ring (bicyclic) bond motifs is 5. The van der Waals surface area contributed by atoms with Gasteiger partial charge in [0.25, 0.3) is 0 Å². The molecule has 4 heteroatoms. The molecule has 4 heterocycles. The van der Waals surface area contributed by atoms with Crippen molar-refractivity contribution in [2.24, 2.45) is 0 Å². The second kappa shape index (κ2) is 10.5. The molecule has 0 aliphatic heterocycles. The Labute approximate surface area is 255 Å². The van der Waals surface area contributed by atoms with Crippen molar-refractivity contribution < 1.29 is 0 Å². The lowest BCUT2D eigenvalue weighted by molar-refractivity contribution is 1.26. The van der Waals surface area contributed by atoms with Crippen molar-refractivity contribution in [3.8, 4) is 44.5 Å². The Kier molecular flexibility index (Phi) is 6.20. The van der Waals surface area contributed by atoms with E-state index in [2.05, 4.69) is 121 Å². The number of hydrogen-bond acceptors (Lipinski definition) is 4. The highest BCUT2D eigenvalue weighted by Crippen LogP contribution is 2.39. The number of pyridine rings is 4. The smallest absolute Gasteiger partial charge is 0.0790 e. The molecule has 0 saturated heterocycles. The Morgan fingerprint density at radius 1 is 0.386 bits per heavy atom. The molecular formula is C40H28N4. The number of aryl methyl sites for hydroxylation is 2. The van der Waals surface area contributed by atoms with Crippen LogP contribution < -0.4 is 0 Å². The summed E-state index contributed by atoms with van der Waals surface area (Å²) < 4.78 is 0. The van der Waals surface area contributed by atoms with Gasteiger partial charge in [0.1, 0.15) is 0 Å². The SMILES string of the molecule is Cc1cc(-c2cccc(-c3cccnc3)c2)c2ccc3c(ccc4c(-c5cccc(-c6cccnc6)c5)cc(C)nc43)c2n1. The monoisotopic (exact) mass is 564 g/mol. The van der Waals surface area contributed by atoms with E-state index in [9.17, 15) is 0 Å². The zero-order chi connectivity index (χ0) is 29.6. The van der Waals surface area contributed by atoms with Gasteiger partial charge in [0.2, 0.25) is 0 Å². The second-order valence-electron chi connectivity index (χ2n) is 11.3. The van der Waals surface area contributed by atoms with Gasteiger partial charge in [-0.25, -0.2) is 0 Å². The van der Waals surface area contributed by atoms with E-state index < -0.39 is 0 Å². The number of rotatable bonds is 4. The summed E-state index contributed by atoms with van der Waals surface area (Å²) in [6.07, 6.45) is 7.43. The van der Waals surface area contributed by atoms with Crippen molar-refractivity contribution >= 4 is 32.6 Å². The van der Waals surface area contributed by atoms with Crippen molar-refractivity contribution in [2.75, 3.05) is 0 Å². The molecule has 0 radical (unpaired) electrons. The zero-order valence-corrected chi connectivity index (χ0v) is 24.5. The van der Waals surface area contributed by atoms with Gasteiger partial charge < -0.3 is 0 Å². The molecule has 0 aliphatic rings. The molecule has 208 valence electrons. The lowest BCUT2D eigenvalue weighted by Gasteiger charge is -2.15. The molecule has 4 nitrogen and oxygen atoms in total. The molecule has 0 spiro atoms. The molecule has 0 fully saturated rings. The molecule has 44 heavy (non-hydrogen) atoms. The molecular weight excluding hydrogens is 536 g/mol. The van der Waals surface area contributed by atoms with Crippen LogP contribution in [0.5, 0.6) is 0 Å². The van der Waals surface area contributed by atoms with E-state index >= 15 is 0 Å². The van der Waals surface area contributed by atoms with E-state index in [1.807, 2.05) is 24.5 Å². The van der Waals surface area contributed by atoms with Crippen LogP contribution in [0.3, 0.4) is 0 Å². The average molecular weight is 565 g/mol. The highest BCUT2D eigenvalue weighted by atomic mass is 14.7. The van der Waals surface area contributed by atoms with Gasteiger partial charge in [-0.15, -0.1) is 0 Å². The maximum absolute atomic E-state index is 5.08. The summed E-state index contributed by atoms with van der Waals surface area (Å²) >= 11 is 0. The van der Waals surface area contributed by atoms with Crippen LogP contribution in [0.4, 0.5) is 0 Å². The Morgan fingerprint density at radius 2 is 0.795 bits per heavy atom. The van der Waals surface area contributed by atoms with Crippen molar-refractivity contribution in [2.45, 2.75) is 13.8 Å². The minimum Gasteiger partial charge on any atom is -0.264 e. The van der Waals surface area contributed by atoms with E-state index in [-0.39, 0.29) is 0 Å². The Hall–Kier alpha value is -5.74. The van der Waals surface area contributed by atoms with Gasteiger partial charge in [-0.1, -0.05) is 72.8 Å². The largest absolute Gasteiger partial charge is 0.264 e. The van der Waals surface area contributed by atoms with Crippen LogP contribution >= 0.6 is 0 Å². The predicted octanol–water partition coefficient (Wildman–Crippen LogP) is 10.0. The number of nitrogens with zero attached hydrogens (tertiary/aromatic N) is 4. The van der Waals surface area contributed by atoms with Crippen LogP contribution in [0.15, 0.2) is 134 Å². The quantitative estimate of drug-likeness (QED) is 0.200. The maximum atomic E-state index is 5.08. The third-order valence-electron chi connectivity index (χ3n) is 8.34. The minimum atomic E-state index is 0.983. The van der Waals surface area contributed by atoms with Gasteiger partial charge in [0, 0.05) is 68.8 Å². The summed E-state index contributed by atoms with van der Waals surface area (Å²) in [6.45, 7) is 4.15. The Balaban J connectivity index is 1.31. The maximum Gasteiger partial charge on any atom is 0.0790 e. The highest BCUT2D eigenvalue weighted by molar-refractivity contribution is 6.19. The highest BCUT2D eigenvalue weighted by Gasteiger charge is 2.15. The number of aromatic nitrogens is 4. The van der Waals surface area contributed by atoms with E-state index in [1.165, 1.54) is 11.1 Å². The lowest BCUT2D eigenvalue weighted by Crippen LogP contribution is -1.94. The van der Waals surface area contributed by atoms with Crippen LogP contribution in [0, 0.1) is 13.8 Å². The van der Waals surface area contributed by atoms with E-state index in [4.69, 9.17) is 9.97 Å². The molecule has 0 bridgehead atoms. The number of benzene rings is 4.